The third-order valence-corrected chi connectivity index (χ3v) is 2.71. The molecule has 0 radical (unpaired) electrons. The Morgan fingerprint density at radius 3 is 2.00 bits per heavy atom. The van der Waals surface area contributed by atoms with Crippen molar-refractivity contribution in [3.63, 3.8) is 0 Å². The first-order chi connectivity index (χ1) is 9.16. The average molecular weight is 292 g/mol. The Bertz CT molecular complexity index is 648. The molecule has 0 aliphatic carbocycles. The maximum atomic E-state index is 10.9. The van der Waals surface area contributed by atoms with Crippen LogP contribution in [0.2, 0.25) is 0 Å². The molecule has 2 aromatic carbocycles. The zero-order valence-electron chi connectivity index (χ0n) is 12.1. The number of furan rings is 1. The van der Waals surface area contributed by atoms with Crippen LogP contribution >= 0.6 is 0 Å². The third-order valence-electron chi connectivity index (χ3n) is 2.71. The van der Waals surface area contributed by atoms with Crippen molar-refractivity contribution >= 4 is 16.8 Å². The maximum absolute atomic E-state index is 10.9. The molecule has 0 saturated heterocycles. The molecule has 0 saturated carbocycles. The van der Waals surface area contributed by atoms with Crippen LogP contribution in [0.15, 0.2) is 65.1 Å². The summed E-state index contributed by atoms with van der Waals surface area (Å²) in [6, 6.07) is 19.6. The summed E-state index contributed by atoms with van der Waals surface area (Å²) >= 11 is 0. The van der Waals surface area contributed by atoms with Gasteiger partial charge in [0.2, 0.25) is 0 Å². The molecule has 4 nitrogen and oxygen atoms in total. The Hall–Kier alpha value is -2.43. The molecule has 116 valence electrons. The van der Waals surface area contributed by atoms with E-state index < -0.39 is 0 Å². The molecular formula is C17H24O4. The number of aryl methyl sites for hydroxylation is 1. The van der Waals surface area contributed by atoms with Gasteiger partial charge in [-0.1, -0.05) is 54.1 Å². The summed E-state index contributed by atoms with van der Waals surface area (Å²) in [5.74, 6) is 0.391. The molecular weight excluding hydrogens is 268 g/mol. The van der Waals surface area contributed by atoms with Crippen LogP contribution in [-0.4, -0.2) is 16.7 Å². The fourth-order valence-electron chi connectivity index (χ4n) is 1.69. The van der Waals surface area contributed by atoms with Gasteiger partial charge in [0.15, 0.2) is 11.5 Å². The minimum absolute atomic E-state index is 0. The van der Waals surface area contributed by atoms with E-state index in [9.17, 15) is 4.79 Å². The molecule has 1 heterocycles. The smallest absolute Gasteiger partial charge is 0.194 e. The van der Waals surface area contributed by atoms with Gasteiger partial charge in [0.1, 0.15) is 5.58 Å². The molecule has 0 atom stereocenters. The number of carbonyl (C=O) groups excluding carboxylic acids is 1. The van der Waals surface area contributed by atoms with E-state index in [1.165, 1.54) is 12.5 Å². The van der Waals surface area contributed by atoms with Crippen LogP contribution in [0.5, 0.6) is 0 Å². The van der Waals surface area contributed by atoms with Gasteiger partial charge >= 0.3 is 0 Å². The molecule has 4 N–H and O–H groups in total. The first kappa shape index (κ1) is 18.6. The van der Waals surface area contributed by atoms with Crippen molar-refractivity contribution in [2.45, 2.75) is 13.8 Å². The number of rotatable bonds is 1. The molecule has 0 aliphatic rings. The van der Waals surface area contributed by atoms with Crippen molar-refractivity contribution in [1.29, 1.82) is 0 Å². The summed E-state index contributed by atoms with van der Waals surface area (Å²) < 4.78 is 5.28. The number of para-hydroxylation sites is 1. The topological polar surface area (TPSA) is 93.2 Å². The van der Waals surface area contributed by atoms with Crippen LogP contribution in [-0.2, 0) is 0 Å². The van der Waals surface area contributed by atoms with Crippen molar-refractivity contribution in [2.24, 2.45) is 0 Å². The van der Waals surface area contributed by atoms with Crippen molar-refractivity contribution < 1.29 is 23.0 Å². The minimum atomic E-state index is -0.0359. The van der Waals surface area contributed by atoms with E-state index in [1.54, 1.807) is 6.07 Å². The average Bonchev–Trinajstić information content (AvgIpc) is 2.84. The van der Waals surface area contributed by atoms with E-state index in [1.807, 2.05) is 42.5 Å². The maximum Gasteiger partial charge on any atom is 0.194 e. The molecule has 21 heavy (non-hydrogen) atoms. The van der Waals surface area contributed by atoms with E-state index in [4.69, 9.17) is 4.42 Å². The number of carbonyl (C=O) groups is 1. The van der Waals surface area contributed by atoms with Gasteiger partial charge < -0.3 is 15.4 Å². The highest BCUT2D eigenvalue weighted by atomic mass is 16.3. The number of Topliss-reactive ketones (excluding diaryl/α,β-unsaturated/α-hetero) is 1. The van der Waals surface area contributed by atoms with E-state index in [2.05, 4.69) is 19.1 Å². The second kappa shape index (κ2) is 8.68. The highest BCUT2D eigenvalue weighted by molar-refractivity contribution is 5.95. The Balaban J connectivity index is -0.000000324. The van der Waals surface area contributed by atoms with Crippen LogP contribution < -0.4 is 0 Å². The van der Waals surface area contributed by atoms with E-state index in [-0.39, 0.29) is 19.6 Å². The van der Waals surface area contributed by atoms with Crippen LogP contribution in [0, 0.1) is 6.92 Å². The molecule has 0 bridgehead atoms. The standard InChI is InChI=1S/C10H8O2.C7H8.2H2O.2H2/c1-7(11)10-6-8-4-2-3-5-9(8)12-10;1-7-5-3-2-4-6-7;;;;/h2-6H,1H3;2-6H,1H3;2*1H2;2*1H. The third kappa shape index (κ3) is 5.22. The van der Waals surface area contributed by atoms with Crippen LogP contribution in [0.1, 0.15) is 25.9 Å². The Kier molecular flexibility index (Phi) is 7.68. The number of ketones is 1. The Labute approximate surface area is 126 Å². The van der Waals surface area contributed by atoms with Gasteiger partial charge in [0.05, 0.1) is 0 Å². The number of benzene rings is 2. The summed E-state index contributed by atoms with van der Waals surface area (Å²) in [6.07, 6.45) is 0. The van der Waals surface area contributed by atoms with Gasteiger partial charge in [-0.2, -0.15) is 0 Å². The lowest BCUT2D eigenvalue weighted by molar-refractivity contribution is 0.0989. The zero-order valence-corrected chi connectivity index (χ0v) is 12.1. The summed E-state index contributed by atoms with van der Waals surface area (Å²) in [7, 11) is 0. The lowest BCUT2D eigenvalue weighted by Gasteiger charge is -1.83. The van der Waals surface area contributed by atoms with Gasteiger partial charge in [-0.25, -0.2) is 0 Å². The number of hydrogen-bond acceptors (Lipinski definition) is 2. The van der Waals surface area contributed by atoms with Crippen molar-refractivity contribution in [3.8, 4) is 0 Å². The highest BCUT2D eigenvalue weighted by Crippen LogP contribution is 2.18. The normalized spacial score (nSPS) is 8.86. The fourth-order valence-corrected chi connectivity index (χ4v) is 1.69. The quantitative estimate of drug-likeness (QED) is 0.642. The molecule has 0 aliphatic heterocycles. The van der Waals surface area contributed by atoms with Crippen LogP contribution in [0.3, 0.4) is 0 Å². The molecule has 0 fully saturated rings. The van der Waals surface area contributed by atoms with Gasteiger partial charge in [-0.15, -0.1) is 0 Å². The molecule has 1 aromatic heterocycles. The molecule has 0 amide bonds. The van der Waals surface area contributed by atoms with Gasteiger partial charge in [0, 0.05) is 15.2 Å². The van der Waals surface area contributed by atoms with Gasteiger partial charge in [-0.05, 0) is 19.1 Å². The van der Waals surface area contributed by atoms with Crippen molar-refractivity contribution in [3.05, 3.63) is 72.0 Å². The van der Waals surface area contributed by atoms with Crippen LogP contribution in [0.4, 0.5) is 0 Å². The minimum Gasteiger partial charge on any atom is -0.453 e. The van der Waals surface area contributed by atoms with Crippen LogP contribution in [0.25, 0.3) is 11.0 Å². The highest BCUT2D eigenvalue weighted by Gasteiger charge is 2.05. The summed E-state index contributed by atoms with van der Waals surface area (Å²) in [5.41, 5.74) is 2.09. The molecule has 3 aromatic rings. The second-order valence-electron chi connectivity index (χ2n) is 4.36. The fraction of sp³-hybridized carbons (Fsp3) is 0.118. The van der Waals surface area contributed by atoms with Crippen molar-refractivity contribution in [1.82, 2.24) is 0 Å². The predicted molar refractivity (Wildman–Crippen MR) is 88.9 cm³/mol. The van der Waals surface area contributed by atoms with Gasteiger partial charge in [0.25, 0.3) is 0 Å². The zero-order chi connectivity index (χ0) is 13.7. The number of fused-ring (bicyclic) bond motifs is 1. The largest absolute Gasteiger partial charge is 0.453 e. The lowest BCUT2D eigenvalue weighted by Crippen LogP contribution is -1.85. The van der Waals surface area contributed by atoms with Crippen molar-refractivity contribution in [2.75, 3.05) is 0 Å². The monoisotopic (exact) mass is 292 g/mol. The number of hydrogen-bond donors (Lipinski definition) is 0. The molecule has 4 heteroatoms. The Morgan fingerprint density at radius 2 is 1.52 bits per heavy atom. The summed E-state index contributed by atoms with van der Waals surface area (Å²) in [4.78, 5) is 10.9. The molecule has 3 rings (SSSR count). The second-order valence-corrected chi connectivity index (χ2v) is 4.36. The Morgan fingerprint density at radius 1 is 0.952 bits per heavy atom. The lowest BCUT2D eigenvalue weighted by atomic mass is 10.2. The van der Waals surface area contributed by atoms with E-state index in [0.29, 0.717) is 5.76 Å². The summed E-state index contributed by atoms with van der Waals surface area (Å²) in [5, 5.41) is 0.975. The SMILES string of the molecule is CC(=O)c1cc2ccccc2o1.Cc1ccccc1.O.O.[HH].[HH]. The first-order valence-electron chi connectivity index (χ1n) is 6.18. The molecule has 0 spiro atoms. The van der Waals surface area contributed by atoms with Gasteiger partial charge in [-0.3, -0.25) is 4.79 Å². The first-order valence-corrected chi connectivity index (χ1v) is 6.18. The van der Waals surface area contributed by atoms with E-state index in [0.717, 1.165) is 11.0 Å². The predicted octanol–water partition coefficient (Wildman–Crippen LogP) is 3.47. The van der Waals surface area contributed by atoms with E-state index >= 15 is 0 Å². The summed E-state index contributed by atoms with van der Waals surface area (Å²) in [6.45, 7) is 3.58. The molecule has 0 unspecified atom stereocenters.